The van der Waals surface area contributed by atoms with E-state index < -0.39 is 0 Å². The fourth-order valence-corrected chi connectivity index (χ4v) is 2.89. The van der Waals surface area contributed by atoms with Gasteiger partial charge in [-0.3, -0.25) is 4.99 Å². The third-order valence-corrected chi connectivity index (χ3v) is 4.38. The van der Waals surface area contributed by atoms with E-state index in [0.29, 0.717) is 25.1 Å². The van der Waals surface area contributed by atoms with Crippen molar-refractivity contribution in [1.82, 2.24) is 15.6 Å². The van der Waals surface area contributed by atoms with Crippen LogP contribution in [0.1, 0.15) is 31.7 Å². The molecule has 1 aliphatic carbocycles. The third-order valence-electron chi connectivity index (χ3n) is 4.38. The minimum absolute atomic E-state index is 0. The number of pyridine rings is 1. The van der Waals surface area contributed by atoms with Gasteiger partial charge >= 0.3 is 0 Å². The maximum atomic E-state index is 5.99. The molecule has 1 heterocycles. The van der Waals surface area contributed by atoms with Crippen molar-refractivity contribution >= 4 is 29.9 Å². The summed E-state index contributed by atoms with van der Waals surface area (Å²) in [6.45, 7) is 3.37. The summed E-state index contributed by atoms with van der Waals surface area (Å²) >= 11 is 0. The van der Waals surface area contributed by atoms with Gasteiger partial charge in [0, 0.05) is 31.4 Å². The maximum absolute atomic E-state index is 5.99. The molecule has 6 nitrogen and oxygen atoms in total. The molecule has 0 unspecified atom stereocenters. The van der Waals surface area contributed by atoms with Gasteiger partial charge in [0.2, 0.25) is 5.88 Å². The number of nitrogens with one attached hydrogen (secondary N) is 2. The van der Waals surface area contributed by atoms with Gasteiger partial charge in [-0.2, -0.15) is 0 Å². The first-order valence-corrected chi connectivity index (χ1v) is 9.75. The Balaban J connectivity index is 0.00000300. The Labute approximate surface area is 189 Å². The average molecular weight is 508 g/mol. The van der Waals surface area contributed by atoms with E-state index in [1.807, 2.05) is 36.4 Å². The normalized spacial score (nSPS) is 13.7. The fourth-order valence-electron chi connectivity index (χ4n) is 2.89. The lowest BCUT2D eigenvalue weighted by Crippen LogP contribution is -2.42. The molecule has 7 heteroatoms. The van der Waals surface area contributed by atoms with Crippen LogP contribution in [-0.4, -0.2) is 30.6 Å². The lowest BCUT2D eigenvalue weighted by molar-refractivity contribution is 0.317. The molecule has 0 atom stereocenters. The van der Waals surface area contributed by atoms with E-state index >= 15 is 0 Å². The van der Waals surface area contributed by atoms with Crippen molar-refractivity contribution in [3.05, 3.63) is 60.3 Å². The Kier molecular flexibility index (Phi) is 9.76. The highest BCUT2D eigenvalue weighted by molar-refractivity contribution is 14.0. The smallest absolute Gasteiger partial charge is 0.224 e. The third kappa shape index (κ3) is 7.23. The summed E-state index contributed by atoms with van der Waals surface area (Å²) < 4.78 is 11.6. The number of rotatable bonds is 8. The summed E-state index contributed by atoms with van der Waals surface area (Å²) in [6, 6.07) is 11.9. The Morgan fingerprint density at radius 2 is 1.86 bits per heavy atom. The number of aliphatic imine (C=N–C) groups is 1. The zero-order valence-corrected chi connectivity index (χ0v) is 19.3. The molecule has 0 saturated carbocycles. The predicted octanol–water partition coefficient (Wildman–Crippen LogP) is 4.66. The van der Waals surface area contributed by atoms with Gasteiger partial charge in [0.25, 0.3) is 0 Å². The second-order valence-corrected chi connectivity index (χ2v) is 6.60. The van der Waals surface area contributed by atoms with Crippen molar-refractivity contribution in [2.75, 3.05) is 13.7 Å². The summed E-state index contributed by atoms with van der Waals surface area (Å²) in [7, 11) is 1.78. The first-order chi connectivity index (χ1) is 13.8. The zero-order valence-electron chi connectivity index (χ0n) is 16.9. The van der Waals surface area contributed by atoms with Crippen LogP contribution in [0.3, 0.4) is 0 Å². The monoisotopic (exact) mass is 508 g/mol. The lowest BCUT2D eigenvalue weighted by atomic mass is 10.2. The SMILES string of the molecule is CCCOc1ccc(Oc2ncccc2CNC(=NC)NC2CC=CC2)cc1.I. The minimum Gasteiger partial charge on any atom is -0.494 e. The Morgan fingerprint density at radius 3 is 2.55 bits per heavy atom. The van der Waals surface area contributed by atoms with Crippen LogP contribution in [0.15, 0.2) is 59.7 Å². The van der Waals surface area contributed by atoms with Gasteiger partial charge in [-0.15, -0.1) is 24.0 Å². The average Bonchev–Trinajstić information content (AvgIpc) is 3.24. The Bertz CT molecular complexity index is 801. The van der Waals surface area contributed by atoms with Crippen LogP contribution in [0.2, 0.25) is 0 Å². The second-order valence-electron chi connectivity index (χ2n) is 6.60. The standard InChI is InChI=1S/C22H28N4O2.HI/c1-3-15-27-19-10-12-20(13-11-19)28-21-17(7-6-14-24-21)16-25-22(23-2)26-18-8-4-5-9-18;/h4-7,10-14,18H,3,8-9,15-16H2,1-2H3,(H2,23,25,26);1H. The highest BCUT2D eigenvalue weighted by atomic mass is 127. The summed E-state index contributed by atoms with van der Waals surface area (Å²) in [6.07, 6.45) is 9.15. The summed E-state index contributed by atoms with van der Waals surface area (Å²) in [5.41, 5.74) is 0.960. The number of halogens is 1. The number of guanidine groups is 1. The van der Waals surface area contributed by atoms with E-state index in [-0.39, 0.29) is 24.0 Å². The molecule has 156 valence electrons. The molecule has 0 fully saturated rings. The molecule has 2 N–H and O–H groups in total. The molecule has 1 aromatic carbocycles. The number of nitrogens with zero attached hydrogens (tertiary/aromatic N) is 2. The molecule has 0 aliphatic heterocycles. The largest absolute Gasteiger partial charge is 0.494 e. The van der Waals surface area contributed by atoms with Crippen LogP contribution in [0, 0.1) is 0 Å². The Hall–Kier alpha value is -2.29. The van der Waals surface area contributed by atoms with Crippen LogP contribution < -0.4 is 20.1 Å². The summed E-state index contributed by atoms with van der Waals surface area (Å²) in [5.74, 6) is 2.92. The highest BCUT2D eigenvalue weighted by Gasteiger charge is 2.12. The van der Waals surface area contributed by atoms with Crippen molar-refractivity contribution in [2.45, 2.75) is 38.8 Å². The molecule has 0 amide bonds. The van der Waals surface area contributed by atoms with E-state index in [1.165, 1.54) is 0 Å². The van der Waals surface area contributed by atoms with E-state index in [1.54, 1.807) is 13.2 Å². The highest BCUT2D eigenvalue weighted by Crippen LogP contribution is 2.25. The first-order valence-electron chi connectivity index (χ1n) is 9.75. The molecule has 29 heavy (non-hydrogen) atoms. The van der Waals surface area contributed by atoms with Gasteiger partial charge in [0.05, 0.1) is 6.61 Å². The first kappa shape index (κ1) is 23.0. The summed E-state index contributed by atoms with van der Waals surface area (Å²) in [4.78, 5) is 8.70. The quantitative estimate of drug-likeness (QED) is 0.235. The molecule has 1 aromatic heterocycles. The maximum Gasteiger partial charge on any atom is 0.224 e. The fraction of sp³-hybridized carbons (Fsp3) is 0.364. The van der Waals surface area contributed by atoms with Gasteiger partial charge in [0.15, 0.2) is 5.96 Å². The predicted molar refractivity (Wildman–Crippen MR) is 127 cm³/mol. The van der Waals surface area contributed by atoms with Crippen LogP contribution in [0.25, 0.3) is 0 Å². The number of hydrogen-bond acceptors (Lipinski definition) is 4. The van der Waals surface area contributed by atoms with Crippen LogP contribution in [0.4, 0.5) is 0 Å². The molecule has 0 saturated heterocycles. The number of aromatic nitrogens is 1. The number of benzene rings is 1. The molecular formula is C22H29IN4O2. The number of hydrogen-bond donors (Lipinski definition) is 2. The molecule has 2 aromatic rings. The number of ether oxygens (including phenoxy) is 2. The van der Waals surface area contributed by atoms with E-state index in [4.69, 9.17) is 9.47 Å². The van der Waals surface area contributed by atoms with Crippen molar-refractivity contribution in [3.63, 3.8) is 0 Å². The van der Waals surface area contributed by atoms with Gasteiger partial charge in [0.1, 0.15) is 11.5 Å². The molecule has 3 rings (SSSR count). The van der Waals surface area contributed by atoms with Crippen molar-refractivity contribution in [2.24, 2.45) is 4.99 Å². The van der Waals surface area contributed by atoms with Crippen molar-refractivity contribution in [1.29, 1.82) is 0 Å². The summed E-state index contributed by atoms with van der Waals surface area (Å²) in [5, 5.41) is 6.77. The van der Waals surface area contributed by atoms with Crippen molar-refractivity contribution in [3.8, 4) is 17.4 Å². The minimum atomic E-state index is 0. The topological polar surface area (TPSA) is 67.8 Å². The molecule has 1 aliphatic rings. The molecule has 0 radical (unpaired) electrons. The van der Waals surface area contributed by atoms with E-state index in [2.05, 4.69) is 39.7 Å². The van der Waals surface area contributed by atoms with E-state index in [9.17, 15) is 0 Å². The van der Waals surface area contributed by atoms with Gasteiger partial charge in [-0.05, 0) is 49.6 Å². The van der Waals surface area contributed by atoms with Gasteiger partial charge < -0.3 is 20.1 Å². The molecule has 0 bridgehead atoms. The molecular weight excluding hydrogens is 479 g/mol. The van der Waals surface area contributed by atoms with Gasteiger partial charge in [-0.25, -0.2) is 4.98 Å². The van der Waals surface area contributed by atoms with Gasteiger partial charge in [-0.1, -0.05) is 25.1 Å². The lowest BCUT2D eigenvalue weighted by Gasteiger charge is -2.17. The Morgan fingerprint density at radius 1 is 1.14 bits per heavy atom. The van der Waals surface area contributed by atoms with Crippen molar-refractivity contribution < 1.29 is 9.47 Å². The second kappa shape index (κ2) is 12.3. The van der Waals surface area contributed by atoms with Crippen LogP contribution >= 0.6 is 24.0 Å². The van der Waals surface area contributed by atoms with Crippen LogP contribution in [0.5, 0.6) is 17.4 Å². The van der Waals surface area contributed by atoms with E-state index in [0.717, 1.165) is 42.3 Å². The molecule has 0 spiro atoms. The zero-order chi connectivity index (χ0) is 19.6. The van der Waals surface area contributed by atoms with Crippen LogP contribution in [-0.2, 0) is 6.54 Å².